The van der Waals surface area contributed by atoms with Crippen molar-refractivity contribution in [3.8, 4) is 0 Å². The second kappa shape index (κ2) is 8.98. The molecule has 0 radical (unpaired) electrons. The molecule has 2 saturated heterocycles. The van der Waals surface area contributed by atoms with Crippen LogP contribution in [0, 0.1) is 5.92 Å². The zero-order valence-electron chi connectivity index (χ0n) is 14.2. The van der Waals surface area contributed by atoms with Crippen molar-refractivity contribution in [3.63, 3.8) is 0 Å². The molecule has 2 N–H and O–H groups in total. The Hall–Kier alpha value is -0.430. The number of aliphatic imine (C=N–C) groups is 1. The summed E-state index contributed by atoms with van der Waals surface area (Å²) in [6, 6.07) is 3.42. The molecule has 25 heavy (non-hydrogen) atoms. The van der Waals surface area contributed by atoms with Crippen LogP contribution in [0.4, 0.5) is 0 Å². The number of guanidine groups is 1. The van der Waals surface area contributed by atoms with Crippen LogP contribution in [0.3, 0.4) is 0 Å². The van der Waals surface area contributed by atoms with Crippen molar-refractivity contribution in [1.29, 1.82) is 0 Å². The minimum Gasteiger partial charge on any atom is -0.375 e. The van der Waals surface area contributed by atoms with Crippen LogP contribution in [0.15, 0.2) is 26.7 Å². The van der Waals surface area contributed by atoms with Gasteiger partial charge in [-0.3, -0.25) is 4.99 Å². The summed E-state index contributed by atoms with van der Waals surface area (Å²) in [5, 5.41) is 1.79. The maximum atomic E-state index is 12.5. The van der Waals surface area contributed by atoms with Crippen molar-refractivity contribution >= 4 is 51.3 Å². The fraction of sp³-hybridized carbons (Fsp3) is 0.667. The van der Waals surface area contributed by atoms with Gasteiger partial charge in [-0.1, -0.05) is 6.07 Å². The van der Waals surface area contributed by atoms with Gasteiger partial charge in [0.25, 0.3) is 10.0 Å². The van der Waals surface area contributed by atoms with Crippen LogP contribution in [-0.4, -0.2) is 69.0 Å². The van der Waals surface area contributed by atoms with Crippen LogP contribution in [-0.2, 0) is 14.8 Å². The maximum absolute atomic E-state index is 12.5. The molecule has 0 amide bonds. The van der Waals surface area contributed by atoms with Gasteiger partial charge in [-0.2, -0.15) is 4.31 Å². The smallest absolute Gasteiger partial charge is 0.252 e. The Kier molecular flexibility index (Phi) is 7.50. The number of nitrogens with zero attached hydrogens (tertiary/aromatic N) is 3. The van der Waals surface area contributed by atoms with E-state index < -0.39 is 10.0 Å². The second-order valence-electron chi connectivity index (χ2n) is 6.28. The molecular weight excluding hydrogens is 475 g/mol. The monoisotopic (exact) mass is 500 g/mol. The lowest BCUT2D eigenvalue weighted by Gasteiger charge is -2.32. The molecule has 1 aromatic rings. The van der Waals surface area contributed by atoms with E-state index >= 15 is 0 Å². The number of hydrogen-bond donors (Lipinski definition) is 1. The first-order chi connectivity index (χ1) is 11.5. The minimum absolute atomic E-state index is 0. The van der Waals surface area contributed by atoms with Gasteiger partial charge >= 0.3 is 0 Å². The molecule has 0 spiro atoms. The molecule has 2 aliphatic rings. The summed E-state index contributed by atoms with van der Waals surface area (Å²) >= 11 is 1.26. The van der Waals surface area contributed by atoms with Crippen LogP contribution >= 0.6 is 35.3 Å². The van der Waals surface area contributed by atoms with E-state index in [1.165, 1.54) is 11.3 Å². The quantitative estimate of drug-likeness (QED) is 0.384. The summed E-state index contributed by atoms with van der Waals surface area (Å²) in [4.78, 5) is 6.52. The topological polar surface area (TPSA) is 88.2 Å². The van der Waals surface area contributed by atoms with Gasteiger partial charge in [0.1, 0.15) is 4.21 Å². The van der Waals surface area contributed by atoms with E-state index in [4.69, 9.17) is 10.5 Å². The molecule has 2 unspecified atom stereocenters. The van der Waals surface area contributed by atoms with Crippen molar-refractivity contribution in [2.24, 2.45) is 16.6 Å². The highest BCUT2D eigenvalue weighted by molar-refractivity contribution is 14.0. The molecule has 0 bridgehead atoms. The molecule has 2 atom stereocenters. The third-order valence-corrected chi connectivity index (χ3v) is 7.65. The third kappa shape index (κ3) is 5.06. The van der Waals surface area contributed by atoms with Gasteiger partial charge < -0.3 is 15.4 Å². The fourth-order valence-electron chi connectivity index (χ4n) is 3.05. The van der Waals surface area contributed by atoms with Crippen LogP contribution in [0.1, 0.15) is 13.3 Å². The lowest BCUT2D eigenvalue weighted by Crippen LogP contribution is -2.48. The fourth-order valence-corrected chi connectivity index (χ4v) is 5.73. The van der Waals surface area contributed by atoms with E-state index in [9.17, 15) is 8.42 Å². The number of halogens is 1. The zero-order chi connectivity index (χ0) is 17.2. The van der Waals surface area contributed by atoms with Gasteiger partial charge in [-0.25, -0.2) is 8.42 Å². The molecule has 3 heterocycles. The highest BCUT2D eigenvalue weighted by Gasteiger charge is 2.33. The first-order valence-electron chi connectivity index (χ1n) is 8.17. The number of sulfonamides is 1. The molecule has 10 heteroatoms. The predicted molar refractivity (Wildman–Crippen MR) is 110 cm³/mol. The van der Waals surface area contributed by atoms with Gasteiger partial charge in [0.2, 0.25) is 0 Å². The first-order valence-corrected chi connectivity index (χ1v) is 10.5. The molecule has 142 valence electrons. The molecule has 1 aromatic heterocycles. The number of nitrogens with two attached hydrogens (primary N) is 1. The van der Waals surface area contributed by atoms with Crippen LogP contribution in [0.2, 0.25) is 0 Å². The Morgan fingerprint density at radius 2 is 2.24 bits per heavy atom. The molecule has 3 rings (SSSR count). The van der Waals surface area contributed by atoms with Crippen molar-refractivity contribution < 1.29 is 13.2 Å². The zero-order valence-corrected chi connectivity index (χ0v) is 18.2. The van der Waals surface area contributed by atoms with Crippen molar-refractivity contribution in [2.45, 2.75) is 23.7 Å². The van der Waals surface area contributed by atoms with E-state index in [0.29, 0.717) is 36.4 Å². The normalized spacial score (nSPS) is 25.8. The standard InChI is InChI=1S/C15H24N4O3S2.HI/c1-12-10-18(6-7-22-12)15(16)17-9-13-4-5-19(11-13)24(20,21)14-3-2-8-23-14;/h2-3,8,12-13H,4-7,9-11H2,1H3,(H2,16,17);1H. The van der Waals surface area contributed by atoms with E-state index in [0.717, 1.165) is 19.5 Å². The minimum atomic E-state index is -3.35. The molecule has 7 nitrogen and oxygen atoms in total. The van der Waals surface area contributed by atoms with Gasteiger partial charge in [-0.15, -0.1) is 35.3 Å². The Bertz CT molecular complexity index is 681. The first kappa shape index (κ1) is 20.9. The highest BCUT2D eigenvalue weighted by Crippen LogP contribution is 2.27. The number of ether oxygens (including phenoxy) is 1. The van der Waals surface area contributed by atoms with Crippen LogP contribution in [0.5, 0.6) is 0 Å². The van der Waals surface area contributed by atoms with Gasteiger partial charge in [0.05, 0.1) is 12.7 Å². The maximum Gasteiger partial charge on any atom is 0.252 e. The molecule has 0 aromatic carbocycles. The van der Waals surface area contributed by atoms with E-state index in [1.54, 1.807) is 21.8 Å². The lowest BCUT2D eigenvalue weighted by molar-refractivity contribution is 0.00528. The van der Waals surface area contributed by atoms with Gasteiger partial charge in [-0.05, 0) is 30.7 Å². The Labute approximate surface area is 170 Å². The molecule has 0 saturated carbocycles. The molecular formula is C15H25IN4O3S2. The molecule has 2 fully saturated rings. The summed E-state index contributed by atoms with van der Waals surface area (Å²) in [6.07, 6.45) is 0.978. The van der Waals surface area contributed by atoms with Crippen molar-refractivity contribution in [2.75, 3.05) is 39.3 Å². The molecule has 0 aliphatic carbocycles. The summed E-state index contributed by atoms with van der Waals surface area (Å²) < 4.78 is 32.5. The Morgan fingerprint density at radius 3 is 2.92 bits per heavy atom. The second-order valence-corrected chi connectivity index (χ2v) is 9.39. The van der Waals surface area contributed by atoms with Crippen molar-refractivity contribution in [3.05, 3.63) is 17.5 Å². The Morgan fingerprint density at radius 1 is 1.44 bits per heavy atom. The summed E-state index contributed by atoms with van der Waals surface area (Å²) in [6.45, 7) is 5.80. The summed E-state index contributed by atoms with van der Waals surface area (Å²) in [5.74, 6) is 0.751. The number of morpholine rings is 1. The van der Waals surface area contributed by atoms with Crippen molar-refractivity contribution in [1.82, 2.24) is 9.21 Å². The van der Waals surface area contributed by atoms with E-state index in [-0.39, 0.29) is 36.0 Å². The molecule has 2 aliphatic heterocycles. The van der Waals surface area contributed by atoms with Gasteiger partial charge in [0.15, 0.2) is 5.96 Å². The lowest BCUT2D eigenvalue weighted by atomic mass is 10.1. The summed E-state index contributed by atoms with van der Waals surface area (Å²) in [5.41, 5.74) is 6.08. The number of thiophene rings is 1. The van der Waals surface area contributed by atoms with Crippen LogP contribution in [0.25, 0.3) is 0 Å². The van der Waals surface area contributed by atoms with E-state index in [1.807, 2.05) is 11.8 Å². The summed E-state index contributed by atoms with van der Waals surface area (Å²) in [7, 11) is -3.35. The average molecular weight is 500 g/mol. The highest BCUT2D eigenvalue weighted by atomic mass is 127. The number of hydrogen-bond acceptors (Lipinski definition) is 5. The van der Waals surface area contributed by atoms with Gasteiger partial charge in [0, 0.05) is 32.7 Å². The SMILES string of the molecule is CC1CN(C(N)=NCC2CCN(S(=O)(=O)c3cccs3)C2)CCO1.I. The number of rotatable bonds is 4. The van der Waals surface area contributed by atoms with Crippen LogP contribution < -0.4 is 5.73 Å². The predicted octanol–water partition coefficient (Wildman–Crippen LogP) is 1.41. The van der Waals surface area contributed by atoms with E-state index in [2.05, 4.69) is 4.99 Å². The Balaban J connectivity index is 0.00000225. The third-order valence-electron chi connectivity index (χ3n) is 4.41. The average Bonchev–Trinajstić information content (AvgIpc) is 3.24. The largest absolute Gasteiger partial charge is 0.375 e.